The van der Waals surface area contributed by atoms with Crippen molar-refractivity contribution in [3.05, 3.63) is 59.8 Å². The lowest BCUT2D eigenvalue weighted by molar-refractivity contribution is -0.112. The number of nitrogens with zero attached hydrogens (tertiary/aromatic N) is 4. The van der Waals surface area contributed by atoms with E-state index in [4.69, 9.17) is 21.1 Å². The van der Waals surface area contributed by atoms with E-state index in [1.165, 1.54) is 14.2 Å². The normalized spacial score (nSPS) is 11.8. The van der Waals surface area contributed by atoms with Gasteiger partial charge in [0, 0.05) is 18.5 Å². The zero-order valence-electron chi connectivity index (χ0n) is 19.3. The number of hydrogen-bond acceptors (Lipinski definition) is 5. The molecule has 1 heterocycles. The van der Waals surface area contributed by atoms with E-state index in [0.29, 0.717) is 28.6 Å². The Morgan fingerprint density at radius 2 is 1.79 bits per heavy atom. The molecule has 2 aromatic carbocycles. The summed E-state index contributed by atoms with van der Waals surface area (Å²) in [5, 5.41) is 11.1. The van der Waals surface area contributed by atoms with E-state index in [1.54, 1.807) is 16.8 Å². The van der Waals surface area contributed by atoms with Crippen LogP contribution in [0, 0.1) is 0 Å². The molecule has 176 valence electrons. The molecule has 0 radical (unpaired) electrons. The Labute approximate surface area is 202 Å². The molecule has 0 spiro atoms. The number of guanidine groups is 1. The van der Waals surface area contributed by atoms with Crippen molar-refractivity contribution in [2.24, 2.45) is 17.0 Å². The predicted octanol–water partition coefficient (Wildman–Crippen LogP) is 4.81. The Morgan fingerprint density at radius 3 is 2.38 bits per heavy atom. The monoisotopic (exact) mass is 480 g/mol. The SMILES string of the molecule is C=N/C(=N\C(=C/C)c1c2ccccc2nn1C)Nc1cc(NC(=O)C(=C)Cl)c(OC)cc1OC. The minimum absolute atomic E-state index is 0.163. The fourth-order valence-corrected chi connectivity index (χ4v) is 3.37. The summed E-state index contributed by atoms with van der Waals surface area (Å²) in [6.45, 7) is 8.95. The van der Waals surface area contributed by atoms with Crippen molar-refractivity contribution < 1.29 is 14.3 Å². The maximum absolute atomic E-state index is 12.1. The number of benzene rings is 2. The first-order valence-electron chi connectivity index (χ1n) is 10.2. The van der Waals surface area contributed by atoms with E-state index < -0.39 is 5.91 Å². The van der Waals surface area contributed by atoms with Crippen LogP contribution in [0.4, 0.5) is 11.4 Å². The van der Waals surface area contributed by atoms with Gasteiger partial charge < -0.3 is 20.1 Å². The molecule has 0 fully saturated rings. The number of rotatable bonds is 7. The van der Waals surface area contributed by atoms with Gasteiger partial charge in [0.15, 0.2) is 0 Å². The molecule has 0 unspecified atom stereocenters. The summed E-state index contributed by atoms with van der Waals surface area (Å²) in [5.74, 6) is 0.449. The summed E-state index contributed by atoms with van der Waals surface area (Å²) in [4.78, 5) is 20.8. The highest BCUT2D eigenvalue weighted by atomic mass is 35.5. The second-order valence-corrected chi connectivity index (χ2v) is 7.45. The minimum atomic E-state index is -0.564. The first kappa shape index (κ1) is 24.5. The smallest absolute Gasteiger partial charge is 0.266 e. The zero-order chi connectivity index (χ0) is 24.8. The van der Waals surface area contributed by atoms with Crippen LogP contribution in [0.15, 0.2) is 64.1 Å². The molecule has 10 heteroatoms. The van der Waals surface area contributed by atoms with E-state index in [0.717, 1.165) is 16.6 Å². The highest BCUT2D eigenvalue weighted by molar-refractivity contribution is 6.43. The molecular weight excluding hydrogens is 456 g/mol. The number of allylic oxidation sites excluding steroid dienone is 1. The van der Waals surface area contributed by atoms with Crippen LogP contribution in [-0.4, -0.2) is 42.6 Å². The average molecular weight is 481 g/mol. The molecule has 0 aliphatic rings. The molecule has 9 nitrogen and oxygen atoms in total. The van der Waals surface area contributed by atoms with Crippen LogP contribution >= 0.6 is 11.6 Å². The first-order chi connectivity index (χ1) is 16.3. The maximum Gasteiger partial charge on any atom is 0.266 e. The summed E-state index contributed by atoms with van der Waals surface area (Å²) in [6.07, 6.45) is 1.86. The van der Waals surface area contributed by atoms with Crippen molar-refractivity contribution in [3.63, 3.8) is 0 Å². The van der Waals surface area contributed by atoms with Crippen molar-refractivity contribution in [1.82, 2.24) is 9.78 Å². The predicted molar refractivity (Wildman–Crippen MR) is 138 cm³/mol. The summed E-state index contributed by atoms with van der Waals surface area (Å²) < 4.78 is 12.6. The number of carbonyl (C=O) groups excluding carboxylic acids is 1. The highest BCUT2D eigenvalue weighted by Gasteiger charge is 2.17. The fraction of sp³-hybridized carbons (Fsp3) is 0.167. The third-order valence-corrected chi connectivity index (χ3v) is 5.07. The summed E-state index contributed by atoms with van der Waals surface area (Å²) >= 11 is 5.71. The van der Waals surface area contributed by atoms with Gasteiger partial charge in [-0.15, -0.1) is 0 Å². The zero-order valence-corrected chi connectivity index (χ0v) is 20.1. The number of ether oxygens (including phenoxy) is 2. The second kappa shape index (κ2) is 10.7. The number of aryl methyl sites for hydroxylation is 1. The Hall–Kier alpha value is -4.11. The molecule has 3 rings (SSSR count). The van der Waals surface area contributed by atoms with Crippen molar-refractivity contribution in [3.8, 4) is 11.5 Å². The molecule has 0 aliphatic carbocycles. The third kappa shape index (κ3) is 5.10. The average Bonchev–Trinajstić information content (AvgIpc) is 3.17. The van der Waals surface area contributed by atoms with Crippen LogP contribution in [0.1, 0.15) is 12.6 Å². The van der Waals surface area contributed by atoms with Gasteiger partial charge in [0.2, 0.25) is 5.96 Å². The van der Waals surface area contributed by atoms with Crippen molar-refractivity contribution in [1.29, 1.82) is 0 Å². The number of halogens is 1. The molecule has 1 amide bonds. The van der Waals surface area contributed by atoms with Crippen LogP contribution in [0.2, 0.25) is 0 Å². The van der Waals surface area contributed by atoms with Crippen LogP contribution in [0.3, 0.4) is 0 Å². The number of anilines is 2. The second-order valence-electron chi connectivity index (χ2n) is 6.99. The molecule has 3 aromatic rings. The number of carbonyl (C=O) groups is 1. The quantitative estimate of drug-likeness (QED) is 0.287. The largest absolute Gasteiger partial charge is 0.494 e. The third-order valence-electron chi connectivity index (χ3n) is 4.90. The lowest BCUT2D eigenvalue weighted by Crippen LogP contribution is -2.14. The summed E-state index contributed by atoms with van der Waals surface area (Å²) in [7, 11) is 4.84. The van der Waals surface area contributed by atoms with E-state index in [1.807, 2.05) is 44.3 Å². The van der Waals surface area contributed by atoms with Gasteiger partial charge in [-0.05, 0) is 25.8 Å². The maximum atomic E-state index is 12.1. The van der Waals surface area contributed by atoms with E-state index >= 15 is 0 Å². The van der Waals surface area contributed by atoms with Crippen molar-refractivity contribution in [2.45, 2.75) is 6.92 Å². The number of hydrogen-bond donors (Lipinski definition) is 2. The minimum Gasteiger partial charge on any atom is -0.494 e. The molecule has 0 saturated carbocycles. The van der Waals surface area contributed by atoms with Gasteiger partial charge in [-0.1, -0.05) is 42.5 Å². The number of nitrogens with one attached hydrogen (secondary N) is 2. The lowest BCUT2D eigenvalue weighted by atomic mass is 10.1. The van der Waals surface area contributed by atoms with Crippen LogP contribution in [0.5, 0.6) is 11.5 Å². The van der Waals surface area contributed by atoms with Gasteiger partial charge in [0.25, 0.3) is 5.91 Å². The molecule has 34 heavy (non-hydrogen) atoms. The van der Waals surface area contributed by atoms with Gasteiger partial charge in [-0.2, -0.15) is 5.10 Å². The number of fused-ring (bicyclic) bond motifs is 1. The molecular formula is C24H25ClN6O3. The molecule has 0 saturated heterocycles. The fourth-order valence-electron chi connectivity index (χ4n) is 3.33. The Kier molecular flexibility index (Phi) is 7.70. The first-order valence-corrected chi connectivity index (χ1v) is 10.5. The number of aromatic nitrogens is 2. The van der Waals surface area contributed by atoms with Crippen LogP contribution in [0.25, 0.3) is 16.6 Å². The Morgan fingerprint density at radius 1 is 1.15 bits per heavy atom. The molecule has 0 aliphatic heterocycles. The molecule has 0 atom stereocenters. The highest BCUT2D eigenvalue weighted by Crippen LogP contribution is 2.37. The van der Waals surface area contributed by atoms with Gasteiger partial charge in [-0.3, -0.25) is 9.48 Å². The molecule has 0 bridgehead atoms. The Bertz CT molecular complexity index is 1330. The number of aliphatic imine (C=N–C) groups is 2. The van der Waals surface area contributed by atoms with Crippen LogP contribution in [-0.2, 0) is 11.8 Å². The lowest BCUT2D eigenvalue weighted by Gasteiger charge is -2.16. The molecule has 1 aromatic heterocycles. The summed E-state index contributed by atoms with van der Waals surface area (Å²) in [6, 6.07) is 11.0. The Balaban J connectivity index is 2.03. The van der Waals surface area contributed by atoms with Gasteiger partial charge in [-0.25, -0.2) is 9.98 Å². The topological polar surface area (TPSA) is 102 Å². The van der Waals surface area contributed by atoms with E-state index in [-0.39, 0.29) is 11.0 Å². The van der Waals surface area contributed by atoms with Crippen molar-refractivity contribution >= 4 is 58.2 Å². The van der Waals surface area contributed by atoms with Gasteiger partial charge >= 0.3 is 0 Å². The molecule has 2 N–H and O–H groups in total. The standard InChI is InChI=1S/C24H25ClN6O3/c1-7-16(22-15-10-8-9-11-17(15)30-31(22)4)28-24(26-3)29-19-12-18(27-23(32)14(2)25)20(33-5)13-21(19)34-6/h7-13H,2-3H2,1,4-6H3,(H,27,32)(H,28,29)/b16-7-. The van der Waals surface area contributed by atoms with Crippen molar-refractivity contribution in [2.75, 3.05) is 24.9 Å². The van der Waals surface area contributed by atoms with Crippen LogP contribution < -0.4 is 20.1 Å². The number of amides is 1. The van der Waals surface area contributed by atoms with E-state index in [2.05, 4.69) is 39.0 Å². The van der Waals surface area contributed by atoms with Gasteiger partial charge in [0.1, 0.15) is 11.5 Å². The summed E-state index contributed by atoms with van der Waals surface area (Å²) in [5.41, 5.74) is 3.15. The van der Waals surface area contributed by atoms with Gasteiger partial charge in [0.05, 0.1) is 47.5 Å². The van der Waals surface area contributed by atoms with E-state index in [9.17, 15) is 4.79 Å². The number of methoxy groups -OCH3 is 2.